The van der Waals surface area contributed by atoms with Crippen molar-refractivity contribution in [3.63, 3.8) is 0 Å². The molecule has 0 amide bonds. The van der Waals surface area contributed by atoms with E-state index in [-0.39, 0.29) is 5.60 Å². The minimum atomic E-state index is 0.0666. The predicted octanol–water partition coefficient (Wildman–Crippen LogP) is 5.49. The van der Waals surface area contributed by atoms with Crippen LogP contribution in [0.3, 0.4) is 0 Å². The lowest BCUT2D eigenvalue weighted by atomic mass is 10.1. The van der Waals surface area contributed by atoms with Crippen LogP contribution in [0, 0.1) is 0 Å². The molecule has 0 aromatic heterocycles. The molecule has 1 aliphatic heterocycles. The largest absolute Gasteiger partial charge is 0.378 e. The first-order valence-electron chi connectivity index (χ1n) is 8.98. The van der Waals surface area contributed by atoms with Crippen molar-refractivity contribution >= 4 is 0 Å². The summed E-state index contributed by atoms with van der Waals surface area (Å²) < 4.78 is 10.9. The van der Waals surface area contributed by atoms with Crippen molar-refractivity contribution in [3.8, 4) is 0 Å². The summed E-state index contributed by atoms with van der Waals surface area (Å²) in [5.41, 5.74) is 0.0666. The Balaban J connectivity index is 1.64. The molecule has 1 aliphatic rings. The highest BCUT2D eigenvalue weighted by Crippen LogP contribution is 2.25. The molecule has 0 N–H and O–H groups in total. The summed E-state index contributed by atoms with van der Waals surface area (Å²) in [6.45, 7) is 6.98. The molecule has 0 saturated carbocycles. The van der Waals surface area contributed by atoms with Gasteiger partial charge in [-0.25, -0.2) is 0 Å². The number of hydrogen-bond donors (Lipinski definition) is 0. The molecule has 1 atom stereocenters. The van der Waals surface area contributed by atoms with Gasteiger partial charge in [-0.05, 0) is 13.3 Å². The van der Waals surface area contributed by atoms with E-state index in [1.54, 1.807) is 0 Å². The van der Waals surface area contributed by atoms with Gasteiger partial charge in [0, 0.05) is 6.61 Å². The topological polar surface area (TPSA) is 21.8 Å². The van der Waals surface area contributed by atoms with E-state index in [2.05, 4.69) is 13.8 Å². The summed E-state index contributed by atoms with van der Waals surface area (Å²) in [4.78, 5) is 0. The van der Waals surface area contributed by atoms with E-state index in [0.29, 0.717) is 0 Å². The van der Waals surface area contributed by atoms with Crippen molar-refractivity contribution in [2.24, 2.45) is 0 Å². The minimum Gasteiger partial charge on any atom is -0.378 e. The second-order valence-electron chi connectivity index (χ2n) is 6.68. The van der Waals surface area contributed by atoms with Gasteiger partial charge >= 0.3 is 0 Å². The van der Waals surface area contributed by atoms with E-state index in [0.717, 1.165) is 19.8 Å². The maximum atomic E-state index is 5.63. The van der Waals surface area contributed by atoms with Gasteiger partial charge in [0.05, 0.1) is 13.2 Å². The average molecular weight is 284 g/mol. The highest BCUT2D eigenvalue weighted by Gasteiger charge is 2.39. The molecular formula is C18H36O2. The van der Waals surface area contributed by atoms with Crippen LogP contribution in [0.25, 0.3) is 0 Å². The van der Waals surface area contributed by atoms with Gasteiger partial charge in [0.25, 0.3) is 0 Å². The highest BCUT2D eigenvalue weighted by atomic mass is 16.6. The van der Waals surface area contributed by atoms with Crippen LogP contribution in [-0.2, 0) is 9.47 Å². The van der Waals surface area contributed by atoms with Gasteiger partial charge < -0.3 is 9.47 Å². The summed E-state index contributed by atoms with van der Waals surface area (Å²) in [5.74, 6) is 0. The highest BCUT2D eigenvalue weighted by molar-refractivity contribution is 4.86. The normalized spacial score (nSPS) is 21.3. The molecule has 0 bridgehead atoms. The van der Waals surface area contributed by atoms with Crippen LogP contribution >= 0.6 is 0 Å². The van der Waals surface area contributed by atoms with Crippen LogP contribution in [-0.4, -0.2) is 25.4 Å². The monoisotopic (exact) mass is 284 g/mol. The van der Waals surface area contributed by atoms with E-state index in [1.165, 1.54) is 77.0 Å². The van der Waals surface area contributed by atoms with Crippen molar-refractivity contribution in [1.82, 2.24) is 0 Å². The van der Waals surface area contributed by atoms with Gasteiger partial charge in [-0.15, -0.1) is 0 Å². The van der Waals surface area contributed by atoms with Gasteiger partial charge in [0.1, 0.15) is 5.60 Å². The second kappa shape index (κ2) is 11.6. The SMILES string of the molecule is CCCCCCCCCCCCCCOCC1(C)CO1. The molecule has 1 fully saturated rings. The maximum absolute atomic E-state index is 5.63. The molecule has 2 heteroatoms. The third-order valence-electron chi connectivity index (χ3n) is 4.19. The lowest BCUT2D eigenvalue weighted by Crippen LogP contribution is -2.14. The van der Waals surface area contributed by atoms with Crippen molar-refractivity contribution in [2.75, 3.05) is 19.8 Å². The zero-order valence-electron chi connectivity index (χ0n) is 13.9. The lowest BCUT2D eigenvalue weighted by Gasteiger charge is -2.06. The standard InChI is InChI=1S/C18H36O2/c1-3-4-5-6-7-8-9-10-11-12-13-14-15-19-16-18(2)17-20-18/h3-17H2,1-2H3. The van der Waals surface area contributed by atoms with E-state index in [1.807, 2.05) is 0 Å². The number of unbranched alkanes of at least 4 members (excludes halogenated alkanes) is 11. The molecule has 1 unspecified atom stereocenters. The fourth-order valence-corrected chi connectivity index (χ4v) is 2.54. The van der Waals surface area contributed by atoms with Gasteiger partial charge in [-0.2, -0.15) is 0 Å². The molecule has 0 spiro atoms. The Bertz CT molecular complexity index is 211. The first kappa shape index (κ1) is 18.0. The van der Waals surface area contributed by atoms with Gasteiger partial charge in [0.2, 0.25) is 0 Å². The van der Waals surface area contributed by atoms with Crippen molar-refractivity contribution < 1.29 is 9.47 Å². The average Bonchev–Trinajstić information content (AvgIpc) is 3.17. The Morgan fingerprint density at radius 1 is 0.800 bits per heavy atom. The smallest absolute Gasteiger partial charge is 0.112 e. The maximum Gasteiger partial charge on any atom is 0.112 e. The Morgan fingerprint density at radius 3 is 1.70 bits per heavy atom. The molecular weight excluding hydrogens is 248 g/mol. The molecule has 1 heterocycles. The van der Waals surface area contributed by atoms with Gasteiger partial charge in [-0.1, -0.05) is 77.6 Å². The Morgan fingerprint density at radius 2 is 1.25 bits per heavy atom. The summed E-state index contributed by atoms with van der Waals surface area (Å²) in [5, 5.41) is 0. The molecule has 1 rings (SSSR count). The van der Waals surface area contributed by atoms with E-state index < -0.39 is 0 Å². The quantitative estimate of drug-likeness (QED) is 0.293. The number of hydrogen-bond acceptors (Lipinski definition) is 2. The molecule has 1 saturated heterocycles. The fraction of sp³-hybridized carbons (Fsp3) is 1.00. The van der Waals surface area contributed by atoms with E-state index >= 15 is 0 Å². The fourth-order valence-electron chi connectivity index (χ4n) is 2.54. The molecule has 20 heavy (non-hydrogen) atoms. The number of epoxide rings is 1. The van der Waals surface area contributed by atoms with Gasteiger partial charge in [0.15, 0.2) is 0 Å². The first-order chi connectivity index (χ1) is 9.77. The molecule has 120 valence electrons. The zero-order valence-corrected chi connectivity index (χ0v) is 13.9. The summed E-state index contributed by atoms with van der Waals surface area (Å²) in [7, 11) is 0. The van der Waals surface area contributed by atoms with Gasteiger partial charge in [-0.3, -0.25) is 0 Å². The third kappa shape index (κ3) is 10.7. The van der Waals surface area contributed by atoms with Crippen molar-refractivity contribution in [2.45, 2.75) is 96.5 Å². The second-order valence-corrected chi connectivity index (χ2v) is 6.68. The molecule has 0 aliphatic carbocycles. The van der Waals surface area contributed by atoms with E-state index in [4.69, 9.17) is 9.47 Å². The number of rotatable bonds is 15. The summed E-state index contributed by atoms with van der Waals surface area (Å²) >= 11 is 0. The lowest BCUT2D eigenvalue weighted by molar-refractivity contribution is 0.0825. The van der Waals surface area contributed by atoms with Crippen LogP contribution in [0.4, 0.5) is 0 Å². The first-order valence-corrected chi connectivity index (χ1v) is 8.98. The van der Waals surface area contributed by atoms with Crippen LogP contribution in [0.2, 0.25) is 0 Å². The third-order valence-corrected chi connectivity index (χ3v) is 4.19. The zero-order chi connectivity index (χ0) is 14.5. The number of ether oxygens (including phenoxy) is 2. The predicted molar refractivity (Wildman–Crippen MR) is 86.3 cm³/mol. The minimum absolute atomic E-state index is 0.0666. The van der Waals surface area contributed by atoms with Crippen LogP contribution in [0.15, 0.2) is 0 Å². The van der Waals surface area contributed by atoms with Crippen molar-refractivity contribution in [1.29, 1.82) is 0 Å². The molecule has 0 aromatic carbocycles. The van der Waals surface area contributed by atoms with Crippen molar-refractivity contribution in [3.05, 3.63) is 0 Å². The molecule has 0 aromatic rings. The Labute approximate surface area is 126 Å². The van der Waals surface area contributed by atoms with Crippen LogP contribution in [0.1, 0.15) is 90.9 Å². The summed E-state index contributed by atoms with van der Waals surface area (Å²) in [6.07, 6.45) is 16.8. The van der Waals surface area contributed by atoms with Crippen LogP contribution in [0.5, 0.6) is 0 Å². The van der Waals surface area contributed by atoms with E-state index in [9.17, 15) is 0 Å². The summed E-state index contributed by atoms with van der Waals surface area (Å²) in [6, 6.07) is 0. The Hall–Kier alpha value is -0.0800. The molecule has 2 nitrogen and oxygen atoms in total. The molecule has 0 radical (unpaired) electrons. The van der Waals surface area contributed by atoms with Crippen LogP contribution < -0.4 is 0 Å². The Kier molecular flexibility index (Phi) is 10.4.